The second kappa shape index (κ2) is 3.55. The zero-order valence-corrected chi connectivity index (χ0v) is 9.09. The van der Waals surface area contributed by atoms with Crippen LogP contribution in [0.4, 0.5) is 5.69 Å². The van der Waals surface area contributed by atoms with Gasteiger partial charge in [-0.25, -0.2) is 0 Å². The normalized spacial score (nSPS) is 32.0. The lowest BCUT2D eigenvalue weighted by Gasteiger charge is -2.21. The van der Waals surface area contributed by atoms with Gasteiger partial charge in [0.05, 0.1) is 0 Å². The van der Waals surface area contributed by atoms with Crippen LogP contribution in [0.2, 0.25) is 0 Å². The average molecular weight is 208 g/mol. The van der Waals surface area contributed by atoms with Gasteiger partial charge in [0.25, 0.3) is 0 Å². The highest BCUT2D eigenvalue weighted by molar-refractivity contribution is 7.08. The second-order valence-electron chi connectivity index (χ2n) is 4.30. The number of hydrogen-bond acceptors (Lipinski definition) is 3. The van der Waals surface area contributed by atoms with Gasteiger partial charge < -0.3 is 5.32 Å². The summed E-state index contributed by atoms with van der Waals surface area (Å²) in [5.41, 5.74) is 1.31. The number of fused-ring (bicyclic) bond motifs is 1. The number of hydrogen-bond donors (Lipinski definition) is 1. The highest BCUT2D eigenvalue weighted by atomic mass is 32.1. The highest BCUT2D eigenvalue weighted by Crippen LogP contribution is 2.30. The van der Waals surface area contributed by atoms with Gasteiger partial charge in [-0.3, -0.25) is 4.90 Å². The molecule has 1 aromatic heterocycles. The molecule has 14 heavy (non-hydrogen) atoms. The summed E-state index contributed by atoms with van der Waals surface area (Å²) >= 11 is 1.77. The van der Waals surface area contributed by atoms with Crippen LogP contribution >= 0.6 is 11.3 Å². The third-order valence-electron chi connectivity index (χ3n) is 3.48. The van der Waals surface area contributed by atoms with Crippen molar-refractivity contribution < 1.29 is 0 Å². The zero-order chi connectivity index (χ0) is 9.38. The van der Waals surface area contributed by atoms with Crippen LogP contribution in [-0.4, -0.2) is 30.1 Å². The van der Waals surface area contributed by atoms with E-state index in [4.69, 9.17) is 0 Å². The Labute approximate surface area is 88.9 Å². The Morgan fingerprint density at radius 1 is 1.36 bits per heavy atom. The monoisotopic (exact) mass is 208 g/mol. The lowest BCUT2D eigenvalue weighted by atomic mass is 10.1. The molecule has 0 saturated carbocycles. The van der Waals surface area contributed by atoms with E-state index in [1.54, 1.807) is 11.3 Å². The number of nitrogens with one attached hydrogen (secondary N) is 1. The minimum atomic E-state index is 0.701. The first-order valence-corrected chi connectivity index (χ1v) is 6.40. The fraction of sp³-hybridized carbons (Fsp3) is 0.636. The molecule has 2 unspecified atom stereocenters. The fourth-order valence-electron chi connectivity index (χ4n) is 2.81. The van der Waals surface area contributed by atoms with Gasteiger partial charge in [0.15, 0.2) is 0 Å². The fourth-order valence-corrected chi connectivity index (χ4v) is 3.41. The van der Waals surface area contributed by atoms with Crippen molar-refractivity contribution in [2.75, 3.05) is 18.4 Å². The largest absolute Gasteiger partial charge is 0.380 e. The molecule has 0 amide bonds. The van der Waals surface area contributed by atoms with Crippen molar-refractivity contribution in [2.24, 2.45) is 0 Å². The van der Waals surface area contributed by atoms with Crippen molar-refractivity contribution in [3.63, 3.8) is 0 Å². The van der Waals surface area contributed by atoms with E-state index in [-0.39, 0.29) is 0 Å². The van der Waals surface area contributed by atoms with Crippen LogP contribution in [0.3, 0.4) is 0 Å². The summed E-state index contributed by atoms with van der Waals surface area (Å²) in [6.45, 7) is 2.62. The molecule has 2 aliphatic rings. The van der Waals surface area contributed by atoms with Crippen molar-refractivity contribution in [3.8, 4) is 0 Å². The number of nitrogens with zero attached hydrogens (tertiary/aromatic N) is 1. The molecule has 2 atom stereocenters. The van der Waals surface area contributed by atoms with Gasteiger partial charge in [-0.1, -0.05) is 0 Å². The summed E-state index contributed by atoms with van der Waals surface area (Å²) in [5, 5.41) is 8.01. The molecule has 3 rings (SSSR count). The van der Waals surface area contributed by atoms with E-state index in [9.17, 15) is 0 Å². The maximum atomic E-state index is 3.66. The standard InChI is InChI=1S/C11H16N2S/c1-2-11-10(3-6-13(11)5-1)12-9-4-7-14-8-9/h4,7-8,10-12H,1-3,5-6H2. The summed E-state index contributed by atoms with van der Waals surface area (Å²) in [6.07, 6.45) is 4.11. The van der Waals surface area contributed by atoms with E-state index < -0.39 is 0 Å². The van der Waals surface area contributed by atoms with Gasteiger partial charge in [0.2, 0.25) is 0 Å². The van der Waals surface area contributed by atoms with Crippen molar-refractivity contribution in [2.45, 2.75) is 31.3 Å². The lowest BCUT2D eigenvalue weighted by molar-refractivity contribution is 0.318. The lowest BCUT2D eigenvalue weighted by Crippen LogP contribution is -2.33. The van der Waals surface area contributed by atoms with E-state index >= 15 is 0 Å². The van der Waals surface area contributed by atoms with E-state index in [1.165, 1.54) is 38.0 Å². The van der Waals surface area contributed by atoms with Crippen LogP contribution in [0.15, 0.2) is 16.8 Å². The summed E-state index contributed by atoms with van der Waals surface area (Å²) in [7, 11) is 0. The number of rotatable bonds is 2. The molecule has 1 aromatic rings. The highest BCUT2D eigenvalue weighted by Gasteiger charge is 2.36. The van der Waals surface area contributed by atoms with Crippen molar-refractivity contribution in [1.29, 1.82) is 0 Å². The summed E-state index contributed by atoms with van der Waals surface area (Å²) in [4.78, 5) is 2.64. The van der Waals surface area contributed by atoms with Gasteiger partial charge >= 0.3 is 0 Å². The molecule has 2 fully saturated rings. The first kappa shape index (κ1) is 8.74. The molecule has 0 spiro atoms. The average Bonchev–Trinajstić information content (AvgIpc) is 2.85. The SMILES string of the molecule is c1cc(NC2CCN3CCCC23)cs1. The van der Waals surface area contributed by atoms with Gasteiger partial charge in [-0.15, -0.1) is 0 Å². The molecule has 0 bridgehead atoms. The summed E-state index contributed by atoms with van der Waals surface area (Å²) < 4.78 is 0. The Morgan fingerprint density at radius 2 is 2.36 bits per heavy atom. The van der Waals surface area contributed by atoms with E-state index in [1.807, 2.05) is 0 Å². The maximum absolute atomic E-state index is 3.66. The van der Waals surface area contributed by atoms with Crippen LogP contribution in [-0.2, 0) is 0 Å². The molecule has 2 saturated heterocycles. The Hall–Kier alpha value is -0.540. The van der Waals surface area contributed by atoms with E-state index in [0.717, 1.165) is 6.04 Å². The molecule has 2 nitrogen and oxygen atoms in total. The predicted molar refractivity (Wildman–Crippen MR) is 60.9 cm³/mol. The molecule has 0 aromatic carbocycles. The van der Waals surface area contributed by atoms with Crippen LogP contribution in [0.5, 0.6) is 0 Å². The van der Waals surface area contributed by atoms with E-state index in [0.29, 0.717) is 6.04 Å². The van der Waals surface area contributed by atoms with Crippen LogP contribution < -0.4 is 5.32 Å². The van der Waals surface area contributed by atoms with Crippen molar-refractivity contribution in [3.05, 3.63) is 16.8 Å². The summed E-state index contributed by atoms with van der Waals surface area (Å²) in [6, 6.07) is 3.70. The number of anilines is 1. The van der Waals surface area contributed by atoms with Crippen molar-refractivity contribution >= 4 is 17.0 Å². The molecule has 2 aliphatic heterocycles. The predicted octanol–water partition coefficient (Wildman–Crippen LogP) is 2.40. The Kier molecular flexibility index (Phi) is 2.22. The third kappa shape index (κ3) is 1.44. The second-order valence-corrected chi connectivity index (χ2v) is 5.08. The zero-order valence-electron chi connectivity index (χ0n) is 8.28. The number of thiophene rings is 1. The minimum absolute atomic E-state index is 0.701. The van der Waals surface area contributed by atoms with Gasteiger partial charge in [0, 0.05) is 29.7 Å². The molecular weight excluding hydrogens is 192 g/mol. The quantitative estimate of drug-likeness (QED) is 0.803. The van der Waals surface area contributed by atoms with Crippen LogP contribution in [0, 0.1) is 0 Å². The molecule has 1 N–H and O–H groups in total. The minimum Gasteiger partial charge on any atom is -0.380 e. The van der Waals surface area contributed by atoms with Crippen molar-refractivity contribution in [1.82, 2.24) is 4.90 Å². The third-order valence-corrected chi connectivity index (χ3v) is 4.16. The molecule has 76 valence electrons. The Morgan fingerprint density at radius 3 is 3.21 bits per heavy atom. The van der Waals surface area contributed by atoms with Crippen LogP contribution in [0.25, 0.3) is 0 Å². The molecule has 0 aliphatic carbocycles. The smallest absolute Gasteiger partial charge is 0.0451 e. The van der Waals surface area contributed by atoms with Crippen LogP contribution in [0.1, 0.15) is 19.3 Å². The first-order valence-electron chi connectivity index (χ1n) is 5.46. The first-order chi connectivity index (χ1) is 6.93. The Bertz CT molecular complexity index is 296. The molecule has 0 radical (unpaired) electrons. The molecule has 3 heteroatoms. The van der Waals surface area contributed by atoms with Gasteiger partial charge in [-0.05, 0) is 37.3 Å². The summed E-state index contributed by atoms with van der Waals surface area (Å²) in [5.74, 6) is 0. The topological polar surface area (TPSA) is 15.3 Å². The Balaban J connectivity index is 1.68. The van der Waals surface area contributed by atoms with Gasteiger partial charge in [0.1, 0.15) is 0 Å². The maximum Gasteiger partial charge on any atom is 0.0451 e. The van der Waals surface area contributed by atoms with E-state index in [2.05, 4.69) is 27.0 Å². The molecule has 3 heterocycles. The van der Waals surface area contributed by atoms with Gasteiger partial charge in [-0.2, -0.15) is 11.3 Å². The molecular formula is C11H16N2S.